The van der Waals surface area contributed by atoms with E-state index in [1.54, 1.807) is 11.3 Å². The smallest absolute Gasteiger partial charge is 0.104 e. The second kappa shape index (κ2) is 7.43. The molecule has 3 aromatic rings. The lowest BCUT2D eigenvalue weighted by Crippen LogP contribution is -2.17. The number of benzene rings is 2. The summed E-state index contributed by atoms with van der Waals surface area (Å²) in [5.41, 5.74) is 2.29. The van der Waals surface area contributed by atoms with E-state index in [-0.39, 0.29) is 12.6 Å². The fourth-order valence-corrected chi connectivity index (χ4v) is 3.44. The molecule has 0 aliphatic carbocycles. The van der Waals surface area contributed by atoms with Gasteiger partial charge in [0.15, 0.2) is 0 Å². The number of aliphatic hydroxyl groups excluding tert-OH is 1. The molecule has 3 heteroatoms. The Kier molecular flexibility index (Phi) is 5.09. The third kappa shape index (κ3) is 3.80. The summed E-state index contributed by atoms with van der Waals surface area (Å²) in [5.74, 6) is 5.62. The van der Waals surface area contributed by atoms with Gasteiger partial charge in [0.1, 0.15) is 6.61 Å². The molecule has 0 fully saturated rings. The summed E-state index contributed by atoms with van der Waals surface area (Å²) in [7, 11) is 0. The van der Waals surface area contributed by atoms with Crippen LogP contribution in [0.15, 0.2) is 53.9 Å². The van der Waals surface area contributed by atoms with E-state index < -0.39 is 0 Å². The van der Waals surface area contributed by atoms with Crippen molar-refractivity contribution in [3.63, 3.8) is 0 Å². The van der Waals surface area contributed by atoms with Crippen molar-refractivity contribution in [1.82, 2.24) is 5.32 Å². The summed E-state index contributed by atoms with van der Waals surface area (Å²) < 4.78 is 0. The van der Waals surface area contributed by atoms with E-state index in [4.69, 9.17) is 5.11 Å². The van der Waals surface area contributed by atoms with Crippen LogP contribution in [-0.2, 0) is 6.54 Å². The first-order valence-electron chi connectivity index (χ1n) is 7.66. The lowest BCUT2D eigenvalue weighted by Gasteiger charge is -2.16. The van der Waals surface area contributed by atoms with Gasteiger partial charge in [0.05, 0.1) is 0 Å². The average Bonchev–Trinajstić information content (AvgIpc) is 3.05. The highest BCUT2D eigenvalue weighted by atomic mass is 32.1. The van der Waals surface area contributed by atoms with Crippen molar-refractivity contribution in [2.45, 2.75) is 19.5 Å². The zero-order valence-electron chi connectivity index (χ0n) is 13.0. The summed E-state index contributed by atoms with van der Waals surface area (Å²) in [5, 5.41) is 16.9. The van der Waals surface area contributed by atoms with E-state index in [2.05, 4.69) is 72.6 Å². The van der Waals surface area contributed by atoms with E-state index in [9.17, 15) is 0 Å². The maximum atomic E-state index is 8.74. The third-order valence-corrected chi connectivity index (χ3v) is 4.77. The summed E-state index contributed by atoms with van der Waals surface area (Å²) in [6, 6.07) is 17.3. The van der Waals surface area contributed by atoms with Crippen molar-refractivity contribution < 1.29 is 5.11 Å². The zero-order valence-corrected chi connectivity index (χ0v) is 13.9. The lowest BCUT2D eigenvalue weighted by molar-refractivity contribution is 0.350. The topological polar surface area (TPSA) is 32.3 Å². The Labute approximate surface area is 140 Å². The second-order valence-corrected chi connectivity index (χ2v) is 6.43. The number of hydrogen-bond donors (Lipinski definition) is 2. The zero-order chi connectivity index (χ0) is 16.1. The molecule has 23 heavy (non-hydrogen) atoms. The van der Waals surface area contributed by atoms with Crippen LogP contribution in [0.25, 0.3) is 10.8 Å². The number of nitrogens with one attached hydrogen (secondary N) is 1. The van der Waals surface area contributed by atoms with Crippen molar-refractivity contribution in [2.24, 2.45) is 0 Å². The van der Waals surface area contributed by atoms with Gasteiger partial charge in [-0.3, -0.25) is 0 Å². The molecule has 2 aromatic carbocycles. The van der Waals surface area contributed by atoms with Crippen LogP contribution in [0.3, 0.4) is 0 Å². The van der Waals surface area contributed by atoms with Crippen molar-refractivity contribution in [3.05, 3.63) is 69.9 Å². The van der Waals surface area contributed by atoms with E-state index in [0.717, 1.165) is 12.1 Å². The fourth-order valence-electron chi connectivity index (χ4n) is 2.67. The van der Waals surface area contributed by atoms with Gasteiger partial charge in [0, 0.05) is 28.4 Å². The van der Waals surface area contributed by atoms with Gasteiger partial charge in [-0.25, -0.2) is 0 Å². The molecule has 1 atom stereocenters. The highest BCUT2D eigenvalue weighted by Crippen LogP contribution is 2.24. The minimum absolute atomic E-state index is 0.0957. The predicted molar refractivity (Wildman–Crippen MR) is 97.5 cm³/mol. The Morgan fingerprint density at radius 2 is 2.00 bits per heavy atom. The van der Waals surface area contributed by atoms with Crippen LogP contribution in [-0.4, -0.2) is 11.7 Å². The standard InChI is InChI=1S/C20H19NOS/c1-15(19-10-4-8-17-7-2-3-9-20(17)19)21-13-18-12-16(14-23-18)6-5-11-22/h2-4,7-10,12,14-15,21-22H,11,13H2,1H3. The van der Waals surface area contributed by atoms with Gasteiger partial charge in [0.2, 0.25) is 0 Å². The minimum Gasteiger partial charge on any atom is -0.384 e. The van der Waals surface area contributed by atoms with Crippen molar-refractivity contribution in [1.29, 1.82) is 0 Å². The quantitative estimate of drug-likeness (QED) is 0.709. The van der Waals surface area contributed by atoms with Crippen LogP contribution in [0.1, 0.15) is 29.0 Å². The lowest BCUT2D eigenvalue weighted by atomic mass is 10.00. The Hall–Kier alpha value is -2.12. The first-order chi connectivity index (χ1) is 11.3. The molecule has 116 valence electrons. The highest BCUT2D eigenvalue weighted by molar-refractivity contribution is 7.10. The van der Waals surface area contributed by atoms with Crippen molar-refractivity contribution in [2.75, 3.05) is 6.61 Å². The Balaban J connectivity index is 1.71. The third-order valence-electron chi connectivity index (χ3n) is 3.84. The molecule has 1 heterocycles. The molecule has 0 amide bonds. The molecule has 0 aliphatic rings. The molecule has 0 saturated heterocycles. The van der Waals surface area contributed by atoms with Crippen LogP contribution in [0.2, 0.25) is 0 Å². The molecule has 0 radical (unpaired) electrons. The Morgan fingerprint density at radius 3 is 2.87 bits per heavy atom. The molecular weight excluding hydrogens is 302 g/mol. The first kappa shape index (κ1) is 15.8. The molecular formula is C20H19NOS. The van der Waals surface area contributed by atoms with Crippen LogP contribution in [0, 0.1) is 11.8 Å². The van der Waals surface area contributed by atoms with E-state index >= 15 is 0 Å². The molecule has 0 spiro atoms. The minimum atomic E-state index is -0.0957. The Bertz CT molecular complexity index is 851. The van der Waals surface area contributed by atoms with Crippen LogP contribution < -0.4 is 5.32 Å². The molecule has 2 nitrogen and oxygen atoms in total. The summed E-state index contributed by atoms with van der Waals surface area (Å²) in [4.78, 5) is 1.25. The number of aliphatic hydroxyl groups is 1. The summed E-state index contributed by atoms with van der Waals surface area (Å²) in [6.45, 7) is 2.92. The normalized spacial score (nSPS) is 11.9. The van der Waals surface area contributed by atoms with Gasteiger partial charge in [-0.15, -0.1) is 11.3 Å². The first-order valence-corrected chi connectivity index (χ1v) is 8.54. The number of fused-ring (bicyclic) bond motifs is 1. The van der Waals surface area contributed by atoms with Gasteiger partial charge < -0.3 is 10.4 Å². The number of hydrogen-bond acceptors (Lipinski definition) is 3. The second-order valence-electron chi connectivity index (χ2n) is 5.43. The molecule has 1 unspecified atom stereocenters. The van der Waals surface area contributed by atoms with Crippen LogP contribution in [0.5, 0.6) is 0 Å². The predicted octanol–water partition coefficient (Wildman–Crippen LogP) is 4.10. The molecule has 0 saturated carbocycles. The SMILES string of the molecule is CC(NCc1cc(C#CCO)cs1)c1cccc2ccccc12. The summed E-state index contributed by atoms with van der Waals surface area (Å²) >= 11 is 1.69. The van der Waals surface area contributed by atoms with Crippen LogP contribution >= 0.6 is 11.3 Å². The maximum Gasteiger partial charge on any atom is 0.104 e. The molecule has 1 aromatic heterocycles. The maximum absolute atomic E-state index is 8.74. The largest absolute Gasteiger partial charge is 0.384 e. The van der Waals surface area contributed by atoms with Gasteiger partial charge in [-0.1, -0.05) is 54.3 Å². The van der Waals surface area contributed by atoms with Crippen molar-refractivity contribution >= 4 is 22.1 Å². The molecule has 0 aliphatic heterocycles. The van der Waals surface area contributed by atoms with Gasteiger partial charge in [-0.2, -0.15) is 0 Å². The fraction of sp³-hybridized carbons (Fsp3) is 0.200. The van der Waals surface area contributed by atoms with Crippen LogP contribution in [0.4, 0.5) is 0 Å². The highest BCUT2D eigenvalue weighted by Gasteiger charge is 2.09. The van der Waals surface area contributed by atoms with Gasteiger partial charge in [-0.05, 0) is 29.3 Å². The summed E-state index contributed by atoms with van der Waals surface area (Å²) in [6.07, 6.45) is 0. The van der Waals surface area contributed by atoms with E-state index in [0.29, 0.717) is 0 Å². The Morgan fingerprint density at radius 1 is 1.17 bits per heavy atom. The average molecular weight is 321 g/mol. The monoisotopic (exact) mass is 321 g/mol. The van der Waals surface area contributed by atoms with Gasteiger partial charge in [0.25, 0.3) is 0 Å². The number of thiophene rings is 1. The van der Waals surface area contributed by atoms with E-state index in [1.165, 1.54) is 21.2 Å². The van der Waals surface area contributed by atoms with E-state index in [1.807, 2.05) is 5.38 Å². The molecule has 3 rings (SSSR count). The van der Waals surface area contributed by atoms with Crippen molar-refractivity contribution in [3.8, 4) is 11.8 Å². The molecule has 0 bridgehead atoms. The molecule has 2 N–H and O–H groups in total. The van der Waals surface area contributed by atoms with Gasteiger partial charge >= 0.3 is 0 Å². The number of rotatable bonds is 4.